The summed E-state index contributed by atoms with van der Waals surface area (Å²) in [6, 6.07) is 1.58. The number of aryl methyl sites for hydroxylation is 1. The van der Waals surface area contributed by atoms with Crippen LogP contribution in [0.2, 0.25) is 0 Å². The van der Waals surface area contributed by atoms with E-state index in [-0.39, 0.29) is 25.7 Å². The van der Waals surface area contributed by atoms with E-state index >= 15 is 0 Å². The van der Waals surface area contributed by atoms with Gasteiger partial charge in [-0.05, 0) is 18.1 Å². The predicted octanol–water partition coefficient (Wildman–Crippen LogP) is 0.698. The molecule has 0 aliphatic heterocycles. The third-order valence-electron chi connectivity index (χ3n) is 2.35. The van der Waals surface area contributed by atoms with Gasteiger partial charge < -0.3 is 15.9 Å². The lowest BCUT2D eigenvalue weighted by Crippen LogP contribution is -2.08. The third kappa shape index (κ3) is 4.10. The zero-order valence-corrected chi connectivity index (χ0v) is 9.22. The van der Waals surface area contributed by atoms with E-state index in [1.807, 2.05) is 0 Å². The van der Waals surface area contributed by atoms with Gasteiger partial charge in [0.1, 0.15) is 0 Å². The number of nitrogens with two attached hydrogens (primary N) is 1. The Kier molecular flexibility index (Phi) is 4.45. The van der Waals surface area contributed by atoms with Crippen LogP contribution in [0.1, 0.15) is 24.1 Å². The van der Waals surface area contributed by atoms with Gasteiger partial charge in [0.2, 0.25) is 0 Å². The second-order valence-electron chi connectivity index (χ2n) is 3.61. The van der Waals surface area contributed by atoms with Crippen LogP contribution in [0.4, 0.5) is 5.69 Å². The molecule has 1 heterocycles. The van der Waals surface area contributed by atoms with E-state index in [9.17, 15) is 9.59 Å². The maximum absolute atomic E-state index is 10.5. The highest BCUT2D eigenvalue weighted by atomic mass is 16.4. The molecule has 0 aliphatic rings. The lowest BCUT2D eigenvalue weighted by atomic mass is 10.0. The first-order chi connectivity index (χ1) is 8.00. The van der Waals surface area contributed by atoms with Gasteiger partial charge in [0.25, 0.3) is 0 Å². The molecular formula is C11H14N2O4. The van der Waals surface area contributed by atoms with Gasteiger partial charge >= 0.3 is 11.9 Å². The maximum atomic E-state index is 10.5. The first-order valence-corrected chi connectivity index (χ1v) is 5.16. The maximum Gasteiger partial charge on any atom is 0.303 e. The van der Waals surface area contributed by atoms with Gasteiger partial charge in [0.05, 0.1) is 6.42 Å². The summed E-state index contributed by atoms with van der Waals surface area (Å²) in [5.41, 5.74) is 7.39. The fourth-order valence-electron chi connectivity index (χ4n) is 1.51. The van der Waals surface area contributed by atoms with Crippen LogP contribution in [-0.2, 0) is 22.4 Å². The number of nitrogen functional groups attached to an aromatic ring is 1. The molecule has 1 rings (SSSR count). The Hall–Kier alpha value is -2.11. The third-order valence-corrected chi connectivity index (χ3v) is 2.35. The fraction of sp³-hybridized carbons (Fsp3) is 0.364. The second kappa shape index (κ2) is 5.83. The molecule has 17 heavy (non-hydrogen) atoms. The summed E-state index contributed by atoms with van der Waals surface area (Å²) in [6.45, 7) is 0. The molecule has 4 N–H and O–H groups in total. The van der Waals surface area contributed by atoms with Crippen molar-refractivity contribution < 1.29 is 19.8 Å². The number of nitrogens with zero attached hydrogens (tertiary/aromatic N) is 1. The van der Waals surface area contributed by atoms with Crippen LogP contribution in [0.5, 0.6) is 0 Å². The summed E-state index contributed by atoms with van der Waals surface area (Å²) in [7, 11) is 0. The number of hydrogen-bond donors (Lipinski definition) is 3. The molecule has 0 amide bonds. The zero-order valence-electron chi connectivity index (χ0n) is 9.22. The molecule has 0 saturated carbocycles. The Balaban J connectivity index is 2.83. The van der Waals surface area contributed by atoms with E-state index < -0.39 is 11.9 Å². The van der Waals surface area contributed by atoms with E-state index in [1.54, 1.807) is 6.07 Å². The summed E-state index contributed by atoms with van der Waals surface area (Å²) < 4.78 is 0. The number of hydrogen-bond acceptors (Lipinski definition) is 4. The summed E-state index contributed by atoms with van der Waals surface area (Å²) >= 11 is 0. The Morgan fingerprint density at radius 2 is 1.76 bits per heavy atom. The highest BCUT2D eigenvalue weighted by Crippen LogP contribution is 2.18. The Morgan fingerprint density at radius 3 is 2.35 bits per heavy atom. The van der Waals surface area contributed by atoms with Gasteiger partial charge in [0.15, 0.2) is 0 Å². The van der Waals surface area contributed by atoms with Gasteiger partial charge in [-0.1, -0.05) is 0 Å². The van der Waals surface area contributed by atoms with E-state index in [0.717, 1.165) is 0 Å². The molecule has 0 atom stereocenters. The molecule has 6 nitrogen and oxygen atoms in total. The molecule has 0 radical (unpaired) electrons. The minimum Gasteiger partial charge on any atom is -0.481 e. The number of anilines is 1. The SMILES string of the molecule is Nc1ccnc(CCC(=O)O)c1CCC(=O)O. The standard InChI is InChI=1S/C11H14N2O4/c12-8-5-6-13-9(2-4-11(16)17)7(8)1-3-10(14)15/h5-6H,1-4H2,(H2,12,13)(H,14,15)(H,16,17). The molecule has 1 aromatic rings. The normalized spacial score (nSPS) is 10.1. The van der Waals surface area contributed by atoms with E-state index in [4.69, 9.17) is 15.9 Å². The van der Waals surface area contributed by atoms with Crippen molar-refractivity contribution in [3.05, 3.63) is 23.5 Å². The van der Waals surface area contributed by atoms with Gasteiger partial charge in [-0.25, -0.2) is 0 Å². The molecule has 0 bridgehead atoms. The highest BCUT2D eigenvalue weighted by Gasteiger charge is 2.11. The molecule has 0 spiro atoms. The van der Waals surface area contributed by atoms with Crippen molar-refractivity contribution in [2.45, 2.75) is 25.7 Å². The number of carboxylic acid groups (broad SMARTS) is 2. The molecule has 6 heteroatoms. The number of aromatic nitrogens is 1. The van der Waals surface area contributed by atoms with Gasteiger partial charge in [-0.15, -0.1) is 0 Å². The minimum atomic E-state index is -0.919. The van der Waals surface area contributed by atoms with Crippen molar-refractivity contribution in [1.82, 2.24) is 4.98 Å². The molecule has 1 aromatic heterocycles. The summed E-state index contributed by atoms with van der Waals surface area (Å²) in [6.07, 6.45) is 1.93. The van der Waals surface area contributed by atoms with Crippen molar-refractivity contribution in [3.63, 3.8) is 0 Å². The smallest absolute Gasteiger partial charge is 0.303 e. The van der Waals surface area contributed by atoms with E-state index in [1.165, 1.54) is 6.20 Å². The molecule has 92 valence electrons. The number of carbonyl (C=O) groups is 2. The molecule has 0 aromatic carbocycles. The second-order valence-corrected chi connectivity index (χ2v) is 3.61. The van der Waals surface area contributed by atoms with Crippen LogP contribution < -0.4 is 5.73 Å². The highest BCUT2D eigenvalue weighted by molar-refractivity contribution is 5.68. The van der Waals surface area contributed by atoms with E-state index in [2.05, 4.69) is 4.98 Å². The summed E-state index contributed by atoms with van der Waals surface area (Å²) in [5.74, 6) is -1.84. The van der Waals surface area contributed by atoms with Gasteiger partial charge in [-0.3, -0.25) is 14.6 Å². The minimum absolute atomic E-state index is 0.0451. The fourth-order valence-corrected chi connectivity index (χ4v) is 1.51. The zero-order chi connectivity index (χ0) is 12.8. The number of rotatable bonds is 6. The van der Waals surface area contributed by atoms with Crippen LogP contribution in [0.25, 0.3) is 0 Å². The Bertz CT molecular complexity index is 431. The monoisotopic (exact) mass is 238 g/mol. The van der Waals surface area contributed by atoms with Crippen LogP contribution in [0.15, 0.2) is 12.3 Å². The first-order valence-electron chi connectivity index (χ1n) is 5.16. The molecule has 0 unspecified atom stereocenters. The first kappa shape index (κ1) is 13.0. The van der Waals surface area contributed by atoms with Crippen LogP contribution in [0, 0.1) is 0 Å². The molecule has 0 saturated heterocycles. The summed E-state index contributed by atoms with van der Waals surface area (Å²) in [5, 5.41) is 17.2. The van der Waals surface area contributed by atoms with Crippen molar-refractivity contribution >= 4 is 17.6 Å². The average molecular weight is 238 g/mol. The van der Waals surface area contributed by atoms with Crippen LogP contribution in [-0.4, -0.2) is 27.1 Å². The number of carboxylic acids is 2. The van der Waals surface area contributed by atoms with Crippen molar-refractivity contribution in [2.24, 2.45) is 0 Å². The predicted molar refractivity (Wildman–Crippen MR) is 60.6 cm³/mol. The lowest BCUT2D eigenvalue weighted by molar-refractivity contribution is -0.138. The summed E-state index contributed by atoms with van der Waals surface area (Å²) in [4.78, 5) is 25.0. The van der Waals surface area contributed by atoms with Crippen LogP contribution in [0.3, 0.4) is 0 Å². The molecule has 0 fully saturated rings. The average Bonchev–Trinajstić information content (AvgIpc) is 2.24. The molecular weight excluding hydrogens is 224 g/mol. The number of pyridine rings is 1. The van der Waals surface area contributed by atoms with Crippen LogP contribution >= 0.6 is 0 Å². The quantitative estimate of drug-likeness (QED) is 0.672. The number of aliphatic carboxylic acids is 2. The topological polar surface area (TPSA) is 114 Å². The van der Waals surface area contributed by atoms with E-state index in [0.29, 0.717) is 16.9 Å². The van der Waals surface area contributed by atoms with Crippen molar-refractivity contribution in [2.75, 3.05) is 5.73 Å². The lowest BCUT2D eigenvalue weighted by Gasteiger charge is -2.09. The Morgan fingerprint density at radius 1 is 1.18 bits per heavy atom. The van der Waals surface area contributed by atoms with Crippen molar-refractivity contribution in [3.8, 4) is 0 Å². The largest absolute Gasteiger partial charge is 0.481 e. The Labute approximate surface area is 98.1 Å². The van der Waals surface area contributed by atoms with Gasteiger partial charge in [-0.2, -0.15) is 0 Å². The molecule has 0 aliphatic carbocycles. The van der Waals surface area contributed by atoms with Gasteiger partial charge in [0, 0.05) is 30.4 Å². The van der Waals surface area contributed by atoms with Crippen molar-refractivity contribution in [1.29, 1.82) is 0 Å².